The number of aromatic nitrogens is 5. The first-order chi connectivity index (χ1) is 12.8. The monoisotopic (exact) mass is 362 g/mol. The molecule has 4 aromatic rings. The fourth-order valence-electron chi connectivity index (χ4n) is 2.54. The van der Waals surface area contributed by atoms with Crippen LogP contribution in [0.15, 0.2) is 60.1 Å². The number of nitrogens with zero attached hydrogens (tertiary/aromatic N) is 5. The zero-order chi connectivity index (χ0) is 17.8. The molecule has 4 rings (SSSR count). The predicted molar refractivity (Wildman–Crippen MR) is 104 cm³/mol. The van der Waals surface area contributed by atoms with Gasteiger partial charge in [-0.05, 0) is 25.1 Å². The Hall–Kier alpha value is -3.06. The highest BCUT2D eigenvalue weighted by molar-refractivity contribution is 7.13. The van der Waals surface area contributed by atoms with E-state index in [0.29, 0.717) is 5.82 Å². The van der Waals surface area contributed by atoms with Crippen LogP contribution in [0.25, 0.3) is 16.4 Å². The maximum Gasteiger partial charge on any atom is 0.175 e. The van der Waals surface area contributed by atoms with Crippen LogP contribution in [0.4, 0.5) is 5.82 Å². The molecule has 3 aromatic heterocycles. The van der Waals surface area contributed by atoms with Gasteiger partial charge in [0, 0.05) is 30.1 Å². The van der Waals surface area contributed by atoms with Gasteiger partial charge in [0.15, 0.2) is 5.82 Å². The van der Waals surface area contributed by atoms with Crippen LogP contribution in [0.5, 0.6) is 0 Å². The van der Waals surface area contributed by atoms with Crippen LogP contribution in [0.1, 0.15) is 11.4 Å². The van der Waals surface area contributed by atoms with Crippen LogP contribution in [-0.4, -0.2) is 31.5 Å². The molecular formula is C19H18N6S. The first kappa shape index (κ1) is 16.4. The molecule has 0 radical (unpaired) electrons. The summed E-state index contributed by atoms with van der Waals surface area (Å²) in [5.41, 5.74) is 3.19. The molecule has 26 heavy (non-hydrogen) atoms. The molecule has 7 heteroatoms. The summed E-state index contributed by atoms with van der Waals surface area (Å²) < 4.78 is 1.71. The fourth-order valence-corrected chi connectivity index (χ4v) is 3.40. The zero-order valence-corrected chi connectivity index (χ0v) is 15.1. The summed E-state index contributed by atoms with van der Waals surface area (Å²) in [4.78, 5) is 4.70. The van der Waals surface area contributed by atoms with Gasteiger partial charge < -0.3 is 5.32 Å². The third kappa shape index (κ3) is 3.78. The second-order valence-electron chi connectivity index (χ2n) is 5.87. The third-order valence-corrected chi connectivity index (χ3v) is 4.81. The maximum absolute atomic E-state index is 4.70. The smallest absolute Gasteiger partial charge is 0.175 e. The summed E-state index contributed by atoms with van der Waals surface area (Å²) in [6.45, 7) is 2.70. The van der Waals surface area contributed by atoms with Gasteiger partial charge in [0.05, 0.1) is 11.4 Å². The first-order valence-corrected chi connectivity index (χ1v) is 9.26. The number of nitrogens with one attached hydrogen (secondary N) is 1. The highest BCUT2D eigenvalue weighted by Crippen LogP contribution is 2.23. The average molecular weight is 362 g/mol. The lowest BCUT2D eigenvalue weighted by Gasteiger charge is -2.04. The molecule has 1 N–H and O–H groups in total. The van der Waals surface area contributed by atoms with Crippen molar-refractivity contribution in [1.82, 2.24) is 25.0 Å². The van der Waals surface area contributed by atoms with Gasteiger partial charge in [-0.2, -0.15) is 5.10 Å². The number of anilines is 1. The summed E-state index contributed by atoms with van der Waals surface area (Å²) in [6.07, 6.45) is 2.71. The Balaban J connectivity index is 1.33. The van der Waals surface area contributed by atoms with Crippen LogP contribution >= 0.6 is 11.3 Å². The Morgan fingerprint density at radius 3 is 2.65 bits per heavy atom. The van der Waals surface area contributed by atoms with Gasteiger partial charge in [0.25, 0.3) is 0 Å². The number of thiazole rings is 1. The van der Waals surface area contributed by atoms with Gasteiger partial charge in [0.1, 0.15) is 10.8 Å². The van der Waals surface area contributed by atoms with Gasteiger partial charge in [-0.15, -0.1) is 21.5 Å². The van der Waals surface area contributed by atoms with E-state index in [1.54, 1.807) is 16.0 Å². The van der Waals surface area contributed by atoms with Crippen molar-refractivity contribution in [3.05, 3.63) is 71.5 Å². The number of benzene rings is 1. The van der Waals surface area contributed by atoms with Gasteiger partial charge in [-0.25, -0.2) is 9.67 Å². The van der Waals surface area contributed by atoms with Crippen LogP contribution in [0.2, 0.25) is 0 Å². The molecular weight excluding hydrogens is 344 g/mol. The molecule has 0 bridgehead atoms. The predicted octanol–water partition coefficient (Wildman–Crippen LogP) is 3.75. The molecule has 1 aromatic carbocycles. The fraction of sp³-hybridized carbons (Fsp3) is 0.158. The van der Waals surface area contributed by atoms with Gasteiger partial charge in [0.2, 0.25) is 0 Å². The van der Waals surface area contributed by atoms with Crippen LogP contribution in [0.3, 0.4) is 0 Å². The normalized spacial score (nSPS) is 10.8. The molecule has 0 aliphatic carbocycles. The number of rotatable bonds is 6. The molecule has 0 saturated heterocycles. The van der Waals surface area contributed by atoms with Crippen molar-refractivity contribution in [2.45, 2.75) is 13.3 Å². The van der Waals surface area contributed by atoms with Crippen LogP contribution < -0.4 is 5.32 Å². The molecule has 6 nitrogen and oxygen atoms in total. The minimum Gasteiger partial charge on any atom is -0.368 e. The Morgan fingerprint density at radius 2 is 1.92 bits per heavy atom. The van der Waals surface area contributed by atoms with E-state index in [-0.39, 0.29) is 0 Å². The van der Waals surface area contributed by atoms with Gasteiger partial charge in [-0.3, -0.25) is 0 Å². The molecule has 0 aliphatic rings. The highest BCUT2D eigenvalue weighted by Gasteiger charge is 2.05. The molecule has 130 valence electrons. The van der Waals surface area contributed by atoms with Crippen molar-refractivity contribution in [1.29, 1.82) is 0 Å². The van der Waals surface area contributed by atoms with E-state index in [1.807, 2.05) is 49.5 Å². The van der Waals surface area contributed by atoms with Crippen LogP contribution in [0, 0.1) is 6.92 Å². The van der Waals surface area contributed by atoms with Crippen LogP contribution in [-0.2, 0) is 6.42 Å². The van der Waals surface area contributed by atoms with Crippen molar-refractivity contribution >= 4 is 17.2 Å². The van der Waals surface area contributed by atoms with E-state index in [9.17, 15) is 0 Å². The average Bonchev–Trinajstić information content (AvgIpc) is 3.32. The molecule has 0 amide bonds. The number of hydrogen-bond acceptors (Lipinski definition) is 6. The quantitative estimate of drug-likeness (QED) is 0.566. The molecule has 0 aliphatic heterocycles. The van der Waals surface area contributed by atoms with E-state index >= 15 is 0 Å². The SMILES string of the molecule is Cc1ccn(-c2ccc(NCCc3csc(-c4ccccc4)n3)nn2)n1. The Labute approximate surface area is 155 Å². The van der Waals surface area contributed by atoms with Crippen molar-refractivity contribution in [2.24, 2.45) is 0 Å². The second kappa shape index (κ2) is 7.45. The Morgan fingerprint density at radius 1 is 1.04 bits per heavy atom. The summed E-state index contributed by atoms with van der Waals surface area (Å²) in [5.74, 6) is 1.45. The largest absolute Gasteiger partial charge is 0.368 e. The lowest BCUT2D eigenvalue weighted by molar-refractivity contribution is 0.803. The summed E-state index contributed by atoms with van der Waals surface area (Å²) in [5, 5.41) is 19.2. The van der Waals surface area contributed by atoms with E-state index in [4.69, 9.17) is 4.98 Å². The lowest BCUT2D eigenvalue weighted by Crippen LogP contribution is -2.08. The van der Waals surface area contributed by atoms with Gasteiger partial charge >= 0.3 is 0 Å². The van der Waals surface area contributed by atoms with E-state index in [2.05, 4.69) is 38.1 Å². The Kier molecular flexibility index (Phi) is 4.70. The maximum atomic E-state index is 4.70. The molecule has 0 saturated carbocycles. The number of aryl methyl sites for hydroxylation is 1. The van der Waals surface area contributed by atoms with Gasteiger partial charge in [-0.1, -0.05) is 30.3 Å². The minimum absolute atomic E-state index is 0.704. The van der Waals surface area contributed by atoms with Crippen molar-refractivity contribution in [3.8, 4) is 16.4 Å². The molecule has 0 spiro atoms. The third-order valence-electron chi connectivity index (χ3n) is 3.87. The minimum atomic E-state index is 0.704. The van der Waals surface area contributed by atoms with E-state index < -0.39 is 0 Å². The molecule has 0 unspecified atom stereocenters. The topological polar surface area (TPSA) is 68.5 Å². The molecule has 0 fully saturated rings. The summed E-state index contributed by atoms with van der Waals surface area (Å²) in [7, 11) is 0. The van der Waals surface area contributed by atoms with E-state index in [1.165, 1.54) is 0 Å². The van der Waals surface area contributed by atoms with Crippen molar-refractivity contribution < 1.29 is 0 Å². The Bertz CT molecular complexity index is 975. The standard InChI is InChI=1S/C19H18N6S/c1-14-10-12-25(24-14)18-8-7-17(22-23-18)20-11-9-16-13-26-19(21-16)15-5-3-2-4-6-15/h2-8,10,12-13H,9,11H2,1H3,(H,20,22). The van der Waals surface area contributed by atoms with Crippen molar-refractivity contribution in [3.63, 3.8) is 0 Å². The van der Waals surface area contributed by atoms with Crippen molar-refractivity contribution in [2.75, 3.05) is 11.9 Å². The second-order valence-corrected chi connectivity index (χ2v) is 6.72. The summed E-state index contributed by atoms with van der Waals surface area (Å²) in [6, 6.07) is 16.0. The highest BCUT2D eigenvalue weighted by atomic mass is 32.1. The summed E-state index contributed by atoms with van der Waals surface area (Å²) >= 11 is 1.67. The number of hydrogen-bond donors (Lipinski definition) is 1. The first-order valence-electron chi connectivity index (χ1n) is 8.38. The molecule has 3 heterocycles. The zero-order valence-electron chi connectivity index (χ0n) is 14.3. The van der Waals surface area contributed by atoms with E-state index in [0.717, 1.165) is 40.7 Å². The lowest BCUT2D eigenvalue weighted by atomic mass is 10.2. The molecule has 0 atom stereocenters.